The fourth-order valence-corrected chi connectivity index (χ4v) is 6.27. The molecule has 0 bridgehead atoms. The molecular weight excluding hydrogens is 700 g/mol. The van der Waals surface area contributed by atoms with Crippen molar-refractivity contribution in [2.24, 2.45) is 13.0 Å². The summed E-state index contributed by atoms with van der Waals surface area (Å²) in [6.07, 6.45) is -1.44. The number of carbonyl (C=O) groups excluding carboxylic acids is 1. The standard InChI is InChI=1S/C31H33F3N2O2.C8H8O2.C2H6.CH5NS/c1-4-37-28-16-21(19-38-27-12-10-26(11-13-27)31(32,33)34)15-25(17-28)23-7-5-22(6-8-23)24-9-14-30-29(18-24)35-20(2)36(30)3;9-7-10-6-8-4-2-1-3-5-8;1-2;1-2-3/h5-14,18,21,25,28H,4,15-17,19H2,1-3H3;1-5,7H,6H2;1-2H3;2-3H,1H3. The molecule has 0 spiro atoms. The molecule has 6 rings (SSSR count). The maximum absolute atomic E-state index is 12.9. The molecule has 0 aliphatic heterocycles. The molecule has 1 aromatic heterocycles. The minimum atomic E-state index is -4.35. The highest BCUT2D eigenvalue weighted by Crippen LogP contribution is 2.39. The van der Waals surface area contributed by atoms with Gasteiger partial charge in [-0.1, -0.05) is 87.3 Å². The third-order valence-corrected chi connectivity index (χ3v) is 8.81. The van der Waals surface area contributed by atoms with Crippen LogP contribution in [-0.4, -0.2) is 42.4 Å². The number of nitrogens with zero attached hydrogens (tertiary/aromatic N) is 2. The van der Waals surface area contributed by atoms with Crippen LogP contribution in [0.5, 0.6) is 5.75 Å². The number of hydrogen-bond donors (Lipinski definition) is 2. The van der Waals surface area contributed by atoms with Gasteiger partial charge in [0.05, 0.1) is 29.3 Å². The van der Waals surface area contributed by atoms with Gasteiger partial charge < -0.3 is 18.8 Å². The number of benzene rings is 4. The molecule has 286 valence electrons. The van der Waals surface area contributed by atoms with Gasteiger partial charge in [-0.25, -0.2) is 4.98 Å². The summed E-state index contributed by atoms with van der Waals surface area (Å²) in [6, 6.07) is 29.6. The van der Waals surface area contributed by atoms with Crippen molar-refractivity contribution in [2.75, 3.05) is 20.3 Å². The third-order valence-electron chi connectivity index (χ3n) is 8.81. The van der Waals surface area contributed by atoms with Crippen molar-refractivity contribution in [1.29, 1.82) is 0 Å². The summed E-state index contributed by atoms with van der Waals surface area (Å²) in [5, 5.41) is 0. The molecule has 4 aromatic carbocycles. The number of nitrogens with one attached hydrogen (secondary N) is 1. The Morgan fingerprint density at radius 2 is 1.57 bits per heavy atom. The zero-order chi connectivity index (χ0) is 38.8. The Bertz CT molecular complexity index is 1780. The number of fused-ring (bicyclic) bond motifs is 1. The number of aromatic nitrogens is 2. The predicted octanol–water partition coefficient (Wildman–Crippen LogP) is 10.4. The van der Waals surface area contributed by atoms with Gasteiger partial charge in [0, 0.05) is 13.7 Å². The molecule has 1 fully saturated rings. The average molecular weight is 752 g/mol. The molecule has 11 heteroatoms. The maximum atomic E-state index is 12.9. The minimum absolute atomic E-state index is 0.134. The first kappa shape index (κ1) is 43.1. The second-order valence-electron chi connectivity index (χ2n) is 12.3. The van der Waals surface area contributed by atoms with E-state index in [0.717, 1.165) is 64.9 Å². The van der Waals surface area contributed by atoms with Crippen LogP contribution in [0.15, 0.2) is 97.1 Å². The van der Waals surface area contributed by atoms with E-state index in [-0.39, 0.29) is 12.0 Å². The van der Waals surface area contributed by atoms with Gasteiger partial charge in [0.15, 0.2) is 0 Å². The summed E-state index contributed by atoms with van der Waals surface area (Å²) in [5.41, 5.74) is 6.02. The Kier molecular flexibility index (Phi) is 17.9. The first-order valence-electron chi connectivity index (χ1n) is 17.9. The lowest BCUT2D eigenvalue weighted by Crippen LogP contribution is -2.30. The highest BCUT2D eigenvalue weighted by Gasteiger charge is 2.32. The van der Waals surface area contributed by atoms with E-state index in [9.17, 15) is 18.0 Å². The Hall–Kier alpha value is -4.32. The molecule has 3 atom stereocenters. The van der Waals surface area contributed by atoms with Crippen LogP contribution >= 0.6 is 12.8 Å². The summed E-state index contributed by atoms with van der Waals surface area (Å²) in [6.45, 7) is 9.94. The maximum Gasteiger partial charge on any atom is 0.416 e. The molecule has 0 saturated heterocycles. The third kappa shape index (κ3) is 13.2. The number of ether oxygens (including phenoxy) is 3. The van der Waals surface area contributed by atoms with E-state index in [1.807, 2.05) is 65.1 Å². The van der Waals surface area contributed by atoms with Crippen molar-refractivity contribution in [3.63, 3.8) is 0 Å². The quantitative estimate of drug-likeness (QED) is 0.109. The molecule has 0 amide bonds. The molecule has 1 aliphatic rings. The zero-order valence-corrected chi connectivity index (χ0v) is 32.3. The van der Waals surface area contributed by atoms with Gasteiger partial charge in [-0.3, -0.25) is 9.52 Å². The normalized spacial score (nSPS) is 16.5. The van der Waals surface area contributed by atoms with Crippen molar-refractivity contribution >= 4 is 30.3 Å². The topological polar surface area (TPSA) is 74.6 Å². The van der Waals surface area contributed by atoms with Gasteiger partial charge in [-0.05, 0) is 111 Å². The second-order valence-corrected chi connectivity index (χ2v) is 12.8. The Labute approximate surface area is 317 Å². The van der Waals surface area contributed by atoms with Gasteiger partial charge in [0.25, 0.3) is 6.47 Å². The van der Waals surface area contributed by atoms with E-state index in [1.165, 1.54) is 17.7 Å². The number of aryl methyl sites for hydroxylation is 2. The van der Waals surface area contributed by atoms with E-state index >= 15 is 0 Å². The molecule has 1 aliphatic carbocycles. The van der Waals surface area contributed by atoms with Crippen molar-refractivity contribution < 1.29 is 32.2 Å². The molecule has 1 heterocycles. The summed E-state index contributed by atoms with van der Waals surface area (Å²) >= 11 is 3.54. The van der Waals surface area contributed by atoms with E-state index in [0.29, 0.717) is 38.0 Å². The summed E-state index contributed by atoms with van der Waals surface area (Å²) in [7, 11) is 3.77. The number of rotatable bonds is 10. The number of carbonyl (C=O) groups is 1. The van der Waals surface area contributed by atoms with Gasteiger partial charge >= 0.3 is 6.18 Å². The summed E-state index contributed by atoms with van der Waals surface area (Å²) < 4.78 is 59.6. The van der Waals surface area contributed by atoms with Gasteiger partial charge in [-0.15, -0.1) is 0 Å². The number of hydrogen-bond acceptors (Lipinski definition) is 7. The fraction of sp³-hybridized carbons (Fsp3) is 0.381. The molecular formula is C42H52F3N3O4S. The first-order chi connectivity index (χ1) is 25.6. The molecule has 5 aromatic rings. The monoisotopic (exact) mass is 751 g/mol. The average Bonchev–Trinajstić information content (AvgIpc) is 3.46. The Morgan fingerprint density at radius 3 is 2.17 bits per heavy atom. The van der Waals surface area contributed by atoms with E-state index in [4.69, 9.17) is 9.47 Å². The Morgan fingerprint density at radius 1 is 0.925 bits per heavy atom. The summed E-state index contributed by atoms with van der Waals surface area (Å²) in [4.78, 5) is 14.4. The van der Waals surface area contributed by atoms with Crippen molar-refractivity contribution in [3.8, 4) is 16.9 Å². The molecule has 1 N–H and O–H groups in total. The number of imidazole rings is 1. The fourth-order valence-electron chi connectivity index (χ4n) is 6.27. The lowest BCUT2D eigenvalue weighted by atomic mass is 9.76. The molecule has 0 radical (unpaired) electrons. The number of thiol groups is 1. The van der Waals surface area contributed by atoms with Crippen molar-refractivity contribution in [3.05, 3.63) is 120 Å². The minimum Gasteiger partial charge on any atom is -0.493 e. The largest absolute Gasteiger partial charge is 0.493 e. The van der Waals surface area contributed by atoms with Crippen LogP contribution in [0, 0.1) is 12.8 Å². The zero-order valence-electron chi connectivity index (χ0n) is 31.4. The van der Waals surface area contributed by atoms with Crippen LogP contribution in [0.4, 0.5) is 13.2 Å². The molecule has 7 nitrogen and oxygen atoms in total. The smallest absolute Gasteiger partial charge is 0.416 e. The first-order valence-corrected chi connectivity index (χ1v) is 18.4. The number of alkyl halides is 3. The lowest BCUT2D eigenvalue weighted by Gasteiger charge is -2.35. The second kappa shape index (κ2) is 22.0. The highest BCUT2D eigenvalue weighted by atomic mass is 32.1. The van der Waals surface area contributed by atoms with Crippen LogP contribution in [0.2, 0.25) is 0 Å². The SMILES string of the molecule is CC.CCOC1CC(COc2ccc(C(F)(F)F)cc2)CC(c2ccc(-c3ccc4c(c3)nc(C)n4C)cc2)C1.CNS.O=COCc1ccccc1. The predicted molar refractivity (Wildman–Crippen MR) is 210 cm³/mol. The van der Waals surface area contributed by atoms with Crippen molar-refractivity contribution in [1.82, 2.24) is 14.3 Å². The highest BCUT2D eigenvalue weighted by molar-refractivity contribution is 7.78. The molecule has 1 saturated carbocycles. The van der Waals surface area contributed by atoms with Gasteiger partial charge in [0.2, 0.25) is 0 Å². The van der Waals surface area contributed by atoms with Crippen LogP contribution in [0.1, 0.15) is 68.5 Å². The van der Waals surface area contributed by atoms with Crippen LogP contribution < -0.4 is 9.46 Å². The molecule has 3 unspecified atom stereocenters. The van der Waals surface area contributed by atoms with E-state index in [1.54, 1.807) is 7.05 Å². The van der Waals surface area contributed by atoms with Crippen LogP contribution in [0.3, 0.4) is 0 Å². The van der Waals surface area contributed by atoms with Gasteiger partial charge in [-0.2, -0.15) is 13.2 Å². The van der Waals surface area contributed by atoms with Crippen LogP contribution in [-0.2, 0) is 34.1 Å². The molecule has 53 heavy (non-hydrogen) atoms. The van der Waals surface area contributed by atoms with E-state index < -0.39 is 11.7 Å². The van der Waals surface area contributed by atoms with Crippen LogP contribution in [0.25, 0.3) is 22.2 Å². The summed E-state index contributed by atoms with van der Waals surface area (Å²) in [5.74, 6) is 2.03. The number of halogens is 3. The Balaban J connectivity index is 0.000000425. The van der Waals surface area contributed by atoms with E-state index in [2.05, 4.69) is 74.3 Å². The van der Waals surface area contributed by atoms with Crippen molar-refractivity contribution in [2.45, 2.75) is 71.8 Å². The van der Waals surface area contributed by atoms with Gasteiger partial charge in [0.1, 0.15) is 18.2 Å². The lowest BCUT2D eigenvalue weighted by molar-refractivity contribution is -0.137.